The second kappa shape index (κ2) is 7.66. The van der Waals surface area contributed by atoms with Crippen LogP contribution in [-0.4, -0.2) is 39.3 Å². The van der Waals surface area contributed by atoms with Gasteiger partial charge in [0, 0.05) is 18.3 Å². The van der Waals surface area contributed by atoms with Crippen molar-refractivity contribution in [1.82, 2.24) is 0 Å². The minimum Gasteiger partial charge on any atom is -0.481 e. The lowest BCUT2D eigenvalue weighted by Gasteiger charge is -2.63. The molecule has 196 valence electrons. The highest BCUT2D eigenvalue weighted by molar-refractivity contribution is 5.90. The second-order valence-electron chi connectivity index (χ2n) is 14.3. The third-order valence-electron chi connectivity index (χ3n) is 13.0. The van der Waals surface area contributed by atoms with Crippen molar-refractivity contribution in [2.75, 3.05) is 0 Å². The van der Waals surface area contributed by atoms with E-state index >= 15 is 0 Å². The summed E-state index contributed by atoms with van der Waals surface area (Å²) in [5.41, 5.74) is -0.211. The molecule has 5 saturated carbocycles. The zero-order valence-electron chi connectivity index (χ0n) is 22.6. The Hall–Kier alpha value is -1.20. The Morgan fingerprint density at radius 1 is 0.943 bits per heavy atom. The third kappa shape index (κ3) is 2.94. The Morgan fingerprint density at radius 2 is 1.60 bits per heavy atom. The predicted octanol–water partition coefficient (Wildman–Crippen LogP) is 5.38. The van der Waals surface area contributed by atoms with E-state index in [0.717, 1.165) is 50.5 Å². The standard InChI is InChI=1S/C30H46O5/c1-17(2)13-19(31)14-18(3)20-9-10-27(5)21-7-8-22-28(6,25(34)35)23(32)15-24(33)30(22)16-29(21,30)12-11-26(20,27)4/h13,18,20-24,32-33H,7-12,14-16H2,1-6H3,(H,34,35). The maximum atomic E-state index is 12.6. The van der Waals surface area contributed by atoms with E-state index in [0.29, 0.717) is 24.2 Å². The molecule has 5 nitrogen and oxygen atoms in total. The van der Waals surface area contributed by atoms with Crippen LogP contribution < -0.4 is 0 Å². The first-order chi connectivity index (χ1) is 16.2. The fraction of sp³-hybridized carbons (Fsp3) is 0.867. The number of aliphatic hydroxyl groups excluding tert-OH is 2. The van der Waals surface area contributed by atoms with Crippen LogP contribution in [0.2, 0.25) is 0 Å². The van der Waals surface area contributed by atoms with Gasteiger partial charge < -0.3 is 15.3 Å². The summed E-state index contributed by atoms with van der Waals surface area (Å²) < 4.78 is 0. The zero-order valence-corrected chi connectivity index (χ0v) is 22.6. The van der Waals surface area contributed by atoms with Crippen molar-refractivity contribution in [3.05, 3.63) is 11.6 Å². The normalized spacial score (nSPS) is 52.9. The zero-order chi connectivity index (χ0) is 25.8. The summed E-state index contributed by atoms with van der Waals surface area (Å²) in [6.07, 6.45) is 8.03. The molecule has 0 radical (unpaired) electrons. The highest BCUT2D eigenvalue weighted by Gasteiger charge is 2.85. The fourth-order valence-electron chi connectivity index (χ4n) is 11.2. The molecule has 0 aliphatic heterocycles. The number of fused-ring (bicyclic) bond motifs is 2. The SMILES string of the molecule is CC(C)=CC(=O)CC(C)C1CCC2(C)C3CCC4C(C)(C(=O)O)C(O)CC(O)C45CC35CCC12C. The molecule has 0 aromatic carbocycles. The van der Waals surface area contributed by atoms with Gasteiger partial charge in [-0.3, -0.25) is 9.59 Å². The van der Waals surface area contributed by atoms with Crippen LogP contribution in [0.15, 0.2) is 11.6 Å². The molecular formula is C30H46O5. The number of hydrogen-bond donors (Lipinski definition) is 3. The minimum absolute atomic E-state index is 0.00352. The molecule has 3 N–H and O–H groups in total. The van der Waals surface area contributed by atoms with Crippen LogP contribution in [0.5, 0.6) is 0 Å². The molecule has 2 spiro atoms. The van der Waals surface area contributed by atoms with Gasteiger partial charge in [-0.2, -0.15) is 0 Å². The largest absolute Gasteiger partial charge is 0.481 e. The third-order valence-corrected chi connectivity index (χ3v) is 13.0. The Bertz CT molecular complexity index is 968. The van der Waals surface area contributed by atoms with Gasteiger partial charge in [0.1, 0.15) is 0 Å². The van der Waals surface area contributed by atoms with Crippen molar-refractivity contribution in [3.63, 3.8) is 0 Å². The van der Waals surface area contributed by atoms with Crippen molar-refractivity contribution in [1.29, 1.82) is 0 Å². The van der Waals surface area contributed by atoms with Crippen LogP contribution in [0, 0.1) is 50.7 Å². The number of carbonyl (C=O) groups excluding carboxylic acids is 1. The molecule has 11 unspecified atom stereocenters. The van der Waals surface area contributed by atoms with Crippen molar-refractivity contribution < 1.29 is 24.9 Å². The number of hydrogen-bond acceptors (Lipinski definition) is 4. The lowest BCUT2D eigenvalue weighted by Crippen LogP contribution is -2.63. The van der Waals surface area contributed by atoms with Gasteiger partial charge in [-0.25, -0.2) is 0 Å². The predicted molar refractivity (Wildman–Crippen MR) is 134 cm³/mol. The van der Waals surface area contributed by atoms with Gasteiger partial charge in [-0.1, -0.05) is 26.3 Å². The molecule has 5 aliphatic rings. The van der Waals surface area contributed by atoms with E-state index in [1.54, 1.807) is 13.0 Å². The number of ketones is 1. The quantitative estimate of drug-likeness (QED) is 0.453. The molecule has 5 heteroatoms. The van der Waals surface area contributed by atoms with Crippen molar-refractivity contribution in [3.8, 4) is 0 Å². The average Bonchev–Trinajstić information content (AvgIpc) is 3.36. The Morgan fingerprint density at radius 3 is 2.23 bits per heavy atom. The van der Waals surface area contributed by atoms with Gasteiger partial charge in [-0.05, 0) is 112 Å². The van der Waals surface area contributed by atoms with Gasteiger partial charge in [0.2, 0.25) is 0 Å². The first kappa shape index (κ1) is 25.4. The Kier molecular flexibility index (Phi) is 5.57. The molecule has 11 atom stereocenters. The average molecular weight is 487 g/mol. The molecule has 5 fully saturated rings. The van der Waals surface area contributed by atoms with Crippen LogP contribution in [0.3, 0.4) is 0 Å². The summed E-state index contributed by atoms with van der Waals surface area (Å²) in [6, 6.07) is 0. The summed E-state index contributed by atoms with van der Waals surface area (Å²) >= 11 is 0. The van der Waals surface area contributed by atoms with Gasteiger partial charge in [0.05, 0.1) is 17.6 Å². The highest BCUT2D eigenvalue weighted by atomic mass is 16.4. The van der Waals surface area contributed by atoms with E-state index in [4.69, 9.17) is 0 Å². The van der Waals surface area contributed by atoms with Crippen LogP contribution >= 0.6 is 0 Å². The molecule has 0 aromatic rings. The molecule has 5 aliphatic carbocycles. The van der Waals surface area contributed by atoms with Gasteiger partial charge in [0.25, 0.3) is 0 Å². The Labute approximate surface area is 210 Å². The monoisotopic (exact) mass is 486 g/mol. The molecule has 5 rings (SSSR count). The lowest BCUT2D eigenvalue weighted by molar-refractivity contribution is -0.210. The smallest absolute Gasteiger partial charge is 0.312 e. The maximum absolute atomic E-state index is 12.6. The molecule has 0 aromatic heterocycles. The molecule has 35 heavy (non-hydrogen) atoms. The van der Waals surface area contributed by atoms with Crippen LogP contribution in [0.25, 0.3) is 0 Å². The fourth-order valence-corrected chi connectivity index (χ4v) is 11.2. The summed E-state index contributed by atoms with van der Waals surface area (Å²) in [6.45, 7) is 12.9. The number of allylic oxidation sites excluding steroid dienone is 2. The van der Waals surface area contributed by atoms with Crippen LogP contribution in [-0.2, 0) is 9.59 Å². The summed E-state index contributed by atoms with van der Waals surface area (Å²) in [7, 11) is 0. The first-order valence-corrected chi connectivity index (χ1v) is 14.0. The second-order valence-corrected chi connectivity index (χ2v) is 14.3. The number of aliphatic hydroxyl groups is 2. The van der Waals surface area contributed by atoms with E-state index in [9.17, 15) is 24.9 Å². The van der Waals surface area contributed by atoms with E-state index in [2.05, 4.69) is 20.8 Å². The van der Waals surface area contributed by atoms with E-state index < -0.39 is 23.6 Å². The minimum atomic E-state index is -1.19. The van der Waals surface area contributed by atoms with Gasteiger partial charge >= 0.3 is 5.97 Å². The van der Waals surface area contributed by atoms with E-state index in [-0.39, 0.29) is 39.8 Å². The van der Waals surface area contributed by atoms with E-state index in [1.165, 1.54) is 0 Å². The molecular weight excluding hydrogens is 440 g/mol. The highest BCUT2D eigenvalue weighted by Crippen LogP contribution is 2.89. The first-order valence-electron chi connectivity index (χ1n) is 14.0. The van der Waals surface area contributed by atoms with Gasteiger partial charge in [0.15, 0.2) is 5.78 Å². The summed E-state index contributed by atoms with van der Waals surface area (Å²) in [4.78, 5) is 25.1. The van der Waals surface area contributed by atoms with Crippen molar-refractivity contribution in [2.45, 2.75) is 112 Å². The summed E-state index contributed by atoms with van der Waals surface area (Å²) in [5.74, 6) is 0.472. The van der Waals surface area contributed by atoms with Crippen molar-refractivity contribution >= 4 is 11.8 Å². The van der Waals surface area contributed by atoms with Crippen molar-refractivity contribution in [2.24, 2.45) is 50.7 Å². The van der Waals surface area contributed by atoms with Gasteiger partial charge in [-0.15, -0.1) is 0 Å². The van der Waals surface area contributed by atoms with E-state index in [1.807, 2.05) is 13.8 Å². The maximum Gasteiger partial charge on any atom is 0.312 e. The van der Waals surface area contributed by atoms with Crippen LogP contribution in [0.1, 0.15) is 99.3 Å². The Balaban J connectivity index is 1.46. The molecule has 0 bridgehead atoms. The van der Waals surface area contributed by atoms with Crippen LogP contribution in [0.4, 0.5) is 0 Å². The summed E-state index contributed by atoms with van der Waals surface area (Å²) in [5, 5.41) is 32.5. The number of carbonyl (C=O) groups is 2. The molecule has 0 heterocycles. The number of aliphatic carboxylic acids is 1. The number of rotatable bonds is 5. The lowest BCUT2D eigenvalue weighted by atomic mass is 9.41. The molecule has 0 amide bonds. The molecule has 0 saturated heterocycles. The topological polar surface area (TPSA) is 94.8 Å². The number of carboxylic acids is 1. The number of carboxylic acid groups (broad SMARTS) is 1.